The molecule has 146 valence electrons. The third-order valence-corrected chi connectivity index (χ3v) is 6.66. The highest BCUT2D eigenvalue weighted by atomic mass is 16.2. The predicted octanol–water partition coefficient (Wildman–Crippen LogP) is 2.02. The Labute approximate surface area is 161 Å². The normalized spacial score (nSPS) is 23.5. The van der Waals surface area contributed by atoms with Gasteiger partial charge in [-0.15, -0.1) is 0 Å². The van der Waals surface area contributed by atoms with Gasteiger partial charge in [-0.05, 0) is 43.2 Å². The van der Waals surface area contributed by atoms with Gasteiger partial charge in [0.2, 0.25) is 5.91 Å². The van der Waals surface area contributed by atoms with Gasteiger partial charge in [0, 0.05) is 44.7 Å². The van der Waals surface area contributed by atoms with E-state index >= 15 is 0 Å². The number of amides is 3. The van der Waals surface area contributed by atoms with Crippen molar-refractivity contribution in [2.24, 2.45) is 0 Å². The molecule has 2 N–H and O–H groups in total. The molecule has 27 heavy (non-hydrogen) atoms. The van der Waals surface area contributed by atoms with E-state index in [4.69, 9.17) is 0 Å². The molecule has 0 bridgehead atoms. The first-order valence-corrected chi connectivity index (χ1v) is 10.2. The van der Waals surface area contributed by atoms with Crippen LogP contribution in [0.2, 0.25) is 0 Å². The van der Waals surface area contributed by atoms with Crippen molar-refractivity contribution in [2.75, 3.05) is 39.8 Å². The minimum Gasteiger partial charge on any atom is -0.358 e. The molecular formula is C21H30N4O2. The molecule has 2 fully saturated rings. The first-order valence-electron chi connectivity index (χ1n) is 10.2. The summed E-state index contributed by atoms with van der Waals surface area (Å²) in [7, 11) is 1.67. The van der Waals surface area contributed by atoms with Crippen LogP contribution in [0.15, 0.2) is 24.3 Å². The van der Waals surface area contributed by atoms with Crippen molar-refractivity contribution >= 4 is 11.9 Å². The highest BCUT2D eigenvalue weighted by Gasteiger charge is 2.46. The van der Waals surface area contributed by atoms with Gasteiger partial charge in [-0.2, -0.15) is 0 Å². The van der Waals surface area contributed by atoms with Crippen LogP contribution in [0.3, 0.4) is 0 Å². The van der Waals surface area contributed by atoms with E-state index in [9.17, 15) is 9.59 Å². The molecule has 2 heterocycles. The van der Waals surface area contributed by atoms with Crippen LogP contribution in [0.5, 0.6) is 0 Å². The quantitative estimate of drug-likeness (QED) is 0.856. The number of hydrogen-bond acceptors (Lipinski definition) is 3. The molecule has 4 rings (SSSR count). The van der Waals surface area contributed by atoms with Gasteiger partial charge in [0.1, 0.15) is 0 Å². The lowest BCUT2D eigenvalue weighted by Gasteiger charge is -2.41. The maximum absolute atomic E-state index is 12.7. The molecule has 1 aliphatic carbocycles. The highest BCUT2D eigenvalue weighted by molar-refractivity contribution is 5.77. The van der Waals surface area contributed by atoms with E-state index in [1.54, 1.807) is 7.05 Å². The number of nitrogens with zero attached hydrogens (tertiary/aromatic N) is 2. The standard InChI is InChI=1S/C21H30N4O2/c1-22-19(26)15-23-18-14-21(17-7-3-2-6-16(17)18)8-12-25(13-9-21)20(27)24-10-4-5-11-24/h2-3,6-7,18,23H,4-5,8-15H2,1H3,(H,22,26). The van der Waals surface area contributed by atoms with Crippen LogP contribution in [-0.2, 0) is 10.2 Å². The number of benzene rings is 1. The third-order valence-electron chi connectivity index (χ3n) is 6.66. The number of piperidine rings is 1. The van der Waals surface area contributed by atoms with Gasteiger partial charge >= 0.3 is 6.03 Å². The fraction of sp³-hybridized carbons (Fsp3) is 0.619. The number of fused-ring (bicyclic) bond motifs is 2. The Kier molecular flexibility index (Phi) is 5.08. The Morgan fingerprint density at radius 1 is 1.07 bits per heavy atom. The fourth-order valence-corrected chi connectivity index (χ4v) is 5.09. The zero-order valence-corrected chi connectivity index (χ0v) is 16.2. The lowest BCUT2D eigenvalue weighted by molar-refractivity contribution is -0.119. The smallest absolute Gasteiger partial charge is 0.319 e. The number of carbonyl (C=O) groups excluding carboxylic acids is 2. The van der Waals surface area contributed by atoms with Crippen LogP contribution in [0.1, 0.15) is 49.3 Å². The highest BCUT2D eigenvalue weighted by Crippen LogP contribution is 2.50. The van der Waals surface area contributed by atoms with Crippen LogP contribution >= 0.6 is 0 Å². The molecule has 1 aromatic rings. The van der Waals surface area contributed by atoms with Gasteiger partial charge in [-0.3, -0.25) is 4.79 Å². The van der Waals surface area contributed by atoms with Crippen molar-refractivity contribution in [3.8, 4) is 0 Å². The zero-order valence-electron chi connectivity index (χ0n) is 16.2. The van der Waals surface area contributed by atoms with Gasteiger partial charge in [-0.1, -0.05) is 24.3 Å². The van der Waals surface area contributed by atoms with E-state index in [1.165, 1.54) is 11.1 Å². The first kappa shape index (κ1) is 18.3. The molecular weight excluding hydrogens is 340 g/mol. The molecule has 1 unspecified atom stereocenters. The second kappa shape index (κ2) is 7.50. The zero-order chi connectivity index (χ0) is 18.9. The van der Waals surface area contributed by atoms with Crippen LogP contribution < -0.4 is 10.6 Å². The van der Waals surface area contributed by atoms with Crippen molar-refractivity contribution in [2.45, 2.75) is 43.6 Å². The second-order valence-electron chi connectivity index (χ2n) is 8.14. The van der Waals surface area contributed by atoms with E-state index < -0.39 is 0 Å². The van der Waals surface area contributed by atoms with Crippen LogP contribution in [0.4, 0.5) is 4.79 Å². The van der Waals surface area contributed by atoms with Gasteiger partial charge in [0.25, 0.3) is 0 Å². The monoisotopic (exact) mass is 370 g/mol. The molecule has 3 amide bonds. The number of carbonyl (C=O) groups is 2. The molecule has 1 aromatic carbocycles. The Bertz CT molecular complexity index is 706. The number of hydrogen-bond donors (Lipinski definition) is 2. The summed E-state index contributed by atoms with van der Waals surface area (Å²) in [5.74, 6) is 0.0134. The molecule has 3 aliphatic rings. The Balaban J connectivity index is 1.46. The second-order valence-corrected chi connectivity index (χ2v) is 8.14. The van der Waals surface area contributed by atoms with Crippen molar-refractivity contribution < 1.29 is 9.59 Å². The SMILES string of the molecule is CNC(=O)CNC1CC2(CCN(C(=O)N3CCCC3)CC2)c2ccccc21. The molecule has 1 spiro atoms. The average Bonchev–Trinajstić information content (AvgIpc) is 3.34. The maximum Gasteiger partial charge on any atom is 0.319 e. The maximum atomic E-state index is 12.7. The number of likely N-dealkylation sites (N-methyl/N-ethyl adjacent to an activating group) is 1. The van der Waals surface area contributed by atoms with Gasteiger partial charge in [0.15, 0.2) is 0 Å². The van der Waals surface area contributed by atoms with E-state index in [0.717, 1.165) is 58.3 Å². The van der Waals surface area contributed by atoms with E-state index in [-0.39, 0.29) is 23.4 Å². The summed E-state index contributed by atoms with van der Waals surface area (Å²) >= 11 is 0. The number of rotatable bonds is 3. The van der Waals surface area contributed by atoms with Crippen molar-refractivity contribution in [1.29, 1.82) is 0 Å². The lowest BCUT2D eigenvalue weighted by Crippen LogP contribution is -2.49. The topological polar surface area (TPSA) is 64.7 Å². The summed E-state index contributed by atoms with van der Waals surface area (Å²) < 4.78 is 0. The molecule has 0 radical (unpaired) electrons. The summed E-state index contributed by atoms with van der Waals surface area (Å²) in [5.41, 5.74) is 2.85. The Morgan fingerprint density at radius 2 is 1.74 bits per heavy atom. The molecule has 1 atom stereocenters. The average molecular weight is 370 g/mol. The lowest BCUT2D eigenvalue weighted by atomic mass is 9.73. The van der Waals surface area contributed by atoms with Crippen LogP contribution in [0, 0.1) is 0 Å². The Morgan fingerprint density at radius 3 is 2.44 bits per heavy atom. The summed E-state index contributed by atoms with van der Waals surface area (Å²) in [4.78, 5) is 28.4. The van der Waals surface area contributed by atoms with Gasteiger partial charge in [0.05, 0.1) is 6.54 Å². The van der Waals surface area contributed by atoms with Gasteiger partial charge < -0.3 is 20.4 Å². The third kappa shape index (κ3) is 3.43. The van der Waals surface area contributed by atoms with Gasteiger partial charge in [-0.25, -0.2) is 4.79 Å². The van der Waals surface area contributed by atoms with Crippen LogP contribution in [-0.4, -0.2) is 61.5 Å². The molecule has 2 saturated heterocycles. The van der Waals surface area contributed by atoms with Crippen LogP contribution in [0.25, 0.3) is 0 Å². The summed E-state index contributed by atoms with van der Waals surface area (Å²) in [6.45, 7) is 3.81. The Hall–Kier alpha value is -2.08. The molecule has 0 aromatic heterocycles. The first-order chi connectivity index (χ1) is 13.1. The number of likely N-dealkylation sites (tertiary alicyclic amines) is 2. The van der Waals surface area contributed by atoms with Crippen molar-refractivity contribution in [3.63, 3.8) is 0 Å². The van der Waals surface area contributed by atoms with E-state index in [2.05, 4.69) is 34.9 Å². The molecule has 0 saturated carbocycles. The summed E-state index contributed by atoms with van der Waals surface area (Å²) in [5, 5.41) is 6.12. The number of urea groups is 1. The largest absolute Gasteiger partial charge is 0.358 e. The van der Waals surface area contributed by atoms with Crippen molar-refractivity contribution in [1.82, 2.24) is 20.4 Å². The number of nitrogens with one attached hydrogen (secondary N) is 2. The minimum absolute atomic E-state index is 0.0134. The van der Waals surface area contributed by atoms with Crippen molar-refractivity contribution in [3.05, 3.63) is 35.4 Å². The van der Waals surface area contributed by atoms with E-state index in [1.807, 2.05) is 9.80 Å². The summed E-state index contributed by atoms with van der Waals surface area (Å²) in [6, 6.07) is 9.06. The summed E-state index contributed by atoms with van der Waals surface area (Å²) in [6.07, 6.45) is 5.28. The van der Waals surface area contributed by atoms with E-state index in [0.29, 0.717) is 6.54 Å². The predicted molar refractivity (Wildman–Crippen MR) is 105 cm³/mol. The molecule has 2 aliphatic heterocycles. The molecule has 6 heteroatoms. The minimum atomic E-state index is 0.0134. The molecule has 6 nitrogen and oxygen atoms in total. The fourth-order valence-electron chi connectivity index (χ4n) is 5.09.